The molecule has 1 rings (SSSR count). The molecule has 23 heavy (non-hydrogen) atoms. The van der Waals surface area contributed by atoms with E-state index >= 15 is 0 Å². The van der Waals surface area contributed by atoms with Crippen molar-refractivity contribution in [2.24, 2.45) is 5.92 Å². The summed E-state index contributed by atoms with van der Waals surface area (Å²) in [7, 11) is 0. The zero-order valence-electron chi connectivity index (χ0n) is 14.9. The third-order valence-corrected chi connectivity index (χ3v) is 3.61. The quantitative estimate of drug-likeness (QED) is 0.822. The van der Waals surface area contributed by atoms with Crippen LogP contribution in [-0.4, -0.2) is 23.5 Å². The van der Waals surface area contributed by atoms with Crippen LogP contribution in [0.5, 0.6) is 0 Å². The first-order valence-electron chi connectivity index (χ1n) is 8.27. The van der Waals surface area contributed by atoms with Crippen LogP contribution >= 0.6 is 0 Å². The van der Waals surface area contributed by atoms with Crippen molar-refractivity contribution < 1.29 is 14.3 Å². The number of alkyl carbamates (subject to hydrolysis) is 1. The number of amides is 1. The predicted octanol–water partition coefficient (Wildman–Crippen LogP) is 4.13. The predicted molar refractivity (Wildman–Crippen MR) is 92.4 cm³/mol. The van der Waals surface area contributed by atoms with Gasteiger partial charge in [0, 0.05) is 6.42 Å². The Kier molecular flexibility index (Phi) is 7.27. The molecule has 0 spiro atoms. The van der Waals surface area contributed by atoms with Crippen LogP contribution < -0.4 is 5.32 Å². The Hall–Kier alpha value is -1.84. The summed E-state index contributed by atoms with van der Waals surface area (Å²) in [5.41, 5.74) is 0.437. The van der Waals surface area contributed by atoms with Gasteiger partial charge in [-0.25, -0.2) is 4.79 Å². The lowest BCUT2D eigenvalue weighted by molar-refractivity contribution is -0.121. The number of ether oxygens (including phenoxy) is 1. The van der Waals surface area contributed by atoms with Crippen molar-refractivity contribution in [3.8, 4) is 0 Å². The number of rotatable bonds is 7. The van der Waals surface area contributed by atoms with Crippen molar-refractivity contribution in [2.75, 3.05) is 0 Å². The van der Waals surface area contributed by atoms with Gasteiger partial charge in [-0.3, -0.25) is 4.79 Å². The van der Waals surface area contributed by atoms with Crippen molar-refractivity contribution in [3.05, 3.63) is 35.9 Å². The SMILES string of the molecule is CCC(C)CC(=O)C(Cc1ccccc1)NC(=O)OC(C)(C)C. The van der Waals surface area contributed by atoms with E-state index in [-0.39, 0.29) is 5.78 Å². The van der Waals surface area contributed by atoms with E-state index in [2.05, 4.69) is 12.2 Å². The average Bonchev–Trinajstić information content (AvgIpc) is 2.45. The Labute approximate surface area is 139 Å². The monoisotopic (exact) mass is 319 g/mol. The molecule has 1 N–H and O–H groups in total. The van der Waals surface area contributed by atoms with Gasteiger partial charge < -0.3 is 10.1 Å². The fourth-order valence-electron chi connectivity index (χ4n) is 2.18. The van der Waals surface area contributed by atoms with Gasteiger partial charge in [-0.05, 0) is 38.7 Å². The van der Waals surface area contributed by atoms with Crippen molar-refractivity contribution >= 4 is 11.9 Å². The van der Waals surface area contributed by atoms with E-state index in [1.165, 1.54) is 0 Å². The maximum absolute atomic E-state index is 12.5. The number of ketones is 1. The van der Waals surface area contributed by atoms with E-state index in [4.69, 9.17) is 4.74 Å². The Bertz CT molecular complexity index is 505. The van der Waals surface area contributed by atoms with E-state index in [0.717, 1.165) is 12.0 Å². The minimum Gasteiger partial charge on any atom is -0.444 e. The molecule has 4 heteroatoms. The number of carbonyl (C=O) groups is 2. The minimum atomic E-state index is -0.582. The van der Waals surface area contributed by atoms with Gasteiger partial charge in [0.1, 0.15) is 5.60 Å². The molecule has 0 bridgehead atoms. The number of carbonyl (C=O) groups excluding carboxylic acids is 2. The molecule has 0 heterocycles. The molecule has 0 saturated carbocycles. The van der Waals surface area contributed by atoms with Gasteiger partial charge in [-0.1, -0.05) is 50.6 Å². The summed E-state index contributed by atoms with van der Waals surface area (Å²) in [6.45, 7) is 9.52. The van der Waals surface area contributed by atoms with E-state index in [1.807, 2.05) is 37.3 Å². The highest BCUT2D eigenvalue weighted by atomic mass is 16.6. The molecular formula is C19H29NO3. The number of benzene rings is 1. The molecule has 128 valence electrons. The van der Waals surface area contributed by atoms with Crippen LogP contribution in [0.4, 0.5) is 4.79 Å². The third kappa shape index (κ3) is 7.82. The maximum atomic E-state index is 12.5. The number of nitrogens with one attached hydrogen (secondary N) is 1. The summed E-state index contributed by atoms with van der Waals surface area (Å²) in [6, 6.07) is 9.15. The molecule has 0 aliphatic heterocycles. The van der Waals surface area contributed by atoms with E-state index < -0.39 is 17.7 Å². The zero-order chi connectivity index (χ0) is 17.5. The van der Waals surface area contributed by atoms with Gasteiger partial charge in [0.2, 0.25) is 0 Å². The van der Waals surface area contributed by atoms with Gasteiger partial charge in [0.05, 0.1) is 6.04 Å². The summed E-state index contributed by atoms with van der Waals surface area (Å²) in [5.74, 6) is 0.357. The third-order valence-electron chi connectivity index (χ3n) is 3.61. The fraction of sp³-hybridized carbons (Fsp3) is 0.579. The van der Waals surface area contributed by atoms with E-state index in [0.29, 0.717) is 18.8 Å². The van der Waals surface area contributed by atoms with E-state index in [9.17, 15) is 9.59 Å². The lowest BCUT2D eigenvalue weighted by Gasteiger charge is -2.24. The average molecular weight is 319 g/mol. The van der Waals surface area contributed by atoms with Crippen LogP contribution in [0.3, 0.4) is 0 Å². The second-order valence-corrected chi connectivity index (χ2v) is 7.07. The van der Waals surface area contributed by atoms with Crippen molar-refractivity contribution in [1.29, 1.82) is 0 Å². The molecular weight excluding hydrogens is 290 g/mol. The molecule has 1 aromatic carbocycles. The lowest BCUT2D eigenvalue weighted by Crippen LogP contribution is -2.45. The standard InChI is InChI=1S/C19H29NO3/c1-6-14(2)12-17(21)16(13-15-10-8-7-9-11-15)20-18(22)23-19(3,4)5/h7-11,14,16H,6,12-13H2,1-5H3,(H,20,22). The highest BCUT2D eigenvalue weighted by Crippen LogP contribution is 2.13. The van der Waals surface area contributed by atoms with Crippen molar-refractivity contribution in [1.82, 2.24) is 5.32 Å². The number of hydrogen-bond acceptors (Lipinski definition) is 3. The second-order valence-electron chi connectivity index (χ2n) is 7.07. The molecule has 0 aromatic heterocycles. The summed E-state index contributed by atoms with van der Waals surface area (Å²) < 4.78 is 5.29. The first-order chi connectivity index (χ1) is 10.7. The first kappa shape index (κ1) is 19.2. The summed E-state index contributed by atoms with van der Waals surface area (Å²) in [6.07, 6.45) is 1.34. The summed E-state index contributed by atoms with van der Waals surface area (Å²) in [5, 5.41) is 2.74. The van der Waals surface area contributed by atoms with Crippen LogP contribution in [0.15, 0.2) is 30.3 Å². The molecule has 0 saturated heterocycles. The summed E-state index contributed by atoms with van der Waals surface area (Å²) in [4.78, 5) is 24.6. The van der Waals surface area contributed by atoms with Crippen LogP contribution in [0.2, 0.25) is 0 Å². The van der Waals surface area contributed by atoms with Crippen molar-refractivity contribution in [2.45, 2.75) is 65.5 Å². The van der Waals surface area contributed by atoms with E-state index in [1.54, 1.807) is 20.8 Å². The first-order valence-corrected chi connectivity index (χ1v) is 8.27. The highest BCUT2D eigenvalue weighted by Gasteiger charge is 2.25. The van der Waals surface area contributed by atoms with Crippen LogP contribution in [0.25, 0.3) is 0 Å². The smallest absolute Gasteiger partial charge is 0.408 e. The van der Waals surface area contributed by atoms with Crippen LogP contribution in [0.1, 0.15) is 53.0 Å². The highest BCUT2D eigenvalue weighted by molar-refractivity contribution is 5.87. The van der Waals surface area contributed by atoms with Gasteiger partial charge in [0.25, 0.3) is 0 Å². The molecule has 1 aromatic rings. The number of Topliss-reactive ketones (excluding diaryl/α,β-unsaturated/α-hetero) is 1. The van der Waals surface area contributed by atoms with Crippen LogP contribution in [-0.2, 0) is 16.0 Å². The molecule has 0 radical (unpaired) electrons. The molecule has 4 nitrogen and oxygen atoms in total. The van der Waals surface area contributed by atoms with Crippen molar-refractivity contribution in [3.63, 3.8) is 0 Å². The van der Waals surface area contributed by atoms with Gasteiger partial charge in [-0.15, -0.1) is 0 Å². The normalized spacial score (nSPS) is 14.0. The fourth-order valence-corrected chi connectivity index (χ4v) is 2.18. The minimum absolute atomic E-state index is 0.0501. The molecule has 1 amide bonds. The summed E-state index contributed by atoms with van der Waals surface area (Å²) >= 11 is 0. The van der Waals surface area contributed by atoms with Crippen LogP contribution in [0, 0.1) is 5.92 Å². The Morgan fingerprint density at radius 1 is 1.17 bits per heavy atom. The van der Waals surface area contributed by atoms with Gasteiger partial charge in [-0.2, -0.15) is 0 Å². The largest absolute Gasteiger partial charge is 0.444 e. The Morgan fingerprint density at radius 3 is 2.30 bits per heavy atom. The maximum Gasteiger partial charge on any atom is 0.408 e. The molecule has 0 fully saturated rings. The lowest BCUT2D eigenvalue weighted by atomic mass is 9.94. The Balaban J connectivity index is 2.79. The van der Waals surface area contributed by atoms with Gasteiger partial charge in [0.15, 0.2) is 5.78 Å². The molecule has 0 aliphatic rings. The molecule has 0 aliphatic carbocycles. The number of hydrogen-bond donors (Lipinski definition) is 1. The topological polar surface area (TPSA) is 55.4 Å². The zero-order valence-corrected chi connectivity index (χ0v) is 14.9. The Morgan fingerprint density at radius 2 is 1.78 bits per heavy atom. The molecule has 2 unspecified atom stereocenters. The van der Waals surface area contributed by atoms with Gasteiger partial charge >= 0.3 is 6.09 Å². The molecule has 2 atom stereocenters. The second kappa shape index (κ2) is 8.70.